The number of para-hydroxylation sites is 1. The van der Waals surface area contributed by atoms with Crippen LogP contribution in [0.15, 0.2) is 48.5 Å². The van der Waals surface area contributed by atoms with Crippen LogP contribution in [0.2, 0.25) is 0 Å². The van der Waals surface area contributed by atoms with Gasteiger partial charge in [-0.1, -0.05) is 18.2 Å². The predicted octanol–water partition coefficient (Wildman–Crippen LogP) is 3.68. The van der Waals surface area contributed by atoms with Gasteiger partial charge in [-0.3, -0.25) is 4.79 Å². The Kier molecular flexibility index (Phi) is 4.59. The summed E-state index contributed by atoms with van der Waals surface area (Å²) in [7, 11) is 0. The van der Waals surface area contributed by atoms with Crippen molar-refractivity contribution in [3.63, 3.8) is 0 Å². The molecule has 4 nitrogen and oxygen atoms in total. The van der Waals surface area contributed by atoms with Gasteiger partial charge in [-0.15, -0.1) is 0 Å². The minimum absolute atomic E-state index is 0.0818. The number of rotatable bonds is 5. The lowest BCUT2D eigenvalue weighted by molar-refractivity contribution is -0.116. The number of hydrogen-bond donors (Lipinski definition) is 1. The van der Waals surface area contributed by atoms with E-state index in [0.717, 1.165) is 38.3 Å². The van der Waals surface area contributed by atoms with Crippen molar-refractivity contribution in [2.24, 2.45) is 0 Å². The molecule has 0 spiro atoms. The van der Waals surface area contributed by atoms with E-state index in [1.165, 1.54) is 29.8 Å². The fourth-order valence-corrected chi connectivity index (χ4v) is 3.83. The Bertz CT molecular complexity index is 735. The zero-order valence-corrected chi connectivity index (χ0v) is 14.6. The van der Waals surface area contributed by atoms with E-state index < -0.39 is 0 Å². The number of carbonyl (C=O) groups is 1. The first-order valence-electron chi connectivity index (χ1n) is 9.27. The standard InChI is InChI=1S/C21H25N3O/c25-21(12-16-24-15-11-17-5-1-2-6-20(17)24)22-18-7-9-19(10-8-18)23-13-3-4-14-23/h1-2,5-10H,3-4,11-16H2,(H,22,25). The van der Waals surface area contributed by atoms with E-state index in [9.17, 15) is 4.79 Å². The summed E-state index contributed by atoms with van der Waals surface area (Å²) in [6, 6.07) is 16.7. The second-order valence-electron chi connectivity index (χ2n) is 6.90. The van der Waals surface area contributed by atoms with E-state index in [1.54, 1.807) is 0 Å². The van der Waals surface area contributed by atoms with Crippen LogP contribution in [0.4, 0.5) is 17.1 Å². The zero-order valence-electron chi connectivity index (χ0n) is 14.6. The average molecular weight is 335 g/mol. The van der Waals surface area contributed by atoms with Gasteiger partial charge in [0.25, 0.3) is 0 Å². The van der Waals surface area contributed by atoms with Gasteiger partial charge in [0.05, 0.1) is 0 Å². The van der Waals surface area contributed by atoms with Crippen LogP contribution in [0.3, 0.4) is 0 Å². The van der Waals surface area contributed by atoms with Gasteiger partial charge in [-0.25, -0.2) is 0 Å². The molecular formula is C21H25N3O. The fraction of sp³-hybridized carbons (Fsp3) is 0.381. The van der Waals surface area contributed by atoms with E-state index in [0.29, 0.717) is 6.42 Å². The zero-order chi connectivity index (χ0) is 17.1. The number of amides is 1. The third-order valence-corrected chi connectivity index (χ3v) is 5.21. The minimum atomic E-state index is 0.0818. The molecule has 1 saturated heterocycles. The molecule has 0 atom stereocenters. The summed E-state index contributed by atoms with van der Waals surface area (Å²) in [6.07, 6.45) is 4.15. The van der Waals surface area contributed by atoms with Crippen LogP contribution in [0.5, 0.6) is 0 Å². The molecule has 4 rings (SSSR count). The number of nitrogens with one attached hydrogen (secondary N) is 1. The maximum Gasteiger partial charge on any atom is 0.226 e. The lowest BCUT2D eigenvalue weighted by Crippen LogP contribution is -2.26. The first kappa shape index (κ1) is 16.0. The van der Waals surface area contributed by atoms with Gasteiger partial charge in [-0.2, -0.15) is 0 Å². The van der Waals surface area contributed by atoms with Gasteiger partial charge < -0.3 is 15.1 Å². The first-order chi connectivity index (χ1) is 12.3. The molecule has 0 saturated carbocycles. The smallest absolute Gasteiger partial charge is 0.226 e. The van der Waals surface area contributed by atoms with E-state index in [4.69, 9.17) is 0 Å². The molecule has 1 fully saturated rings. The largest absolute Gasteiger partial charge is 0.372 e. The Morgan fingerprint density at radius 3 is 2.52 bits per heavy atom. The van der Waals surface area contributed by atoms with Crippen molar-refractivity contribution >= 4 is 23.0 Å². The number of anilines is 3. The molecular weight excluding hydrogens is 310 g/mol. The molecule has 2 aliphatic rings. The van der Waals surface area contributed by atoms with Crippen LogP contribution >= 0.6 is 0 Å². The second-order valence-corrected chi connectivity index (χ2v) is 6.90. The van der Waals surface area contributed by atoms with Crippen molar-refractivity contribution in [2.75, 3.05) is 41.3 Å². The van der Waals surface area contributed by atoms with Gasteiger partial charge in [-0.05, 0) is 55.2 Å². The molecule has 4 heteroatoms. The van der Waals surface area contributed by atoms with Crippen LogP contribution in [-0.2, 0) is 11.2 Å². The maximum absolute atomic E-state index is 12.3. The minimum Gasteiger partial charge on any atom is -0.372 e. The first-order valence-corrected chi connectivity index (χ1v) is 9.27. The number of hydrogen-bond acceptors (Lipinski definition) is 3. The van der Waals surface area contributed by atoms with Crippen molar-refractivity contribution in [1.29, 1.82) is 0 Å². The highest BCUT2D eigenvalue weighted by Crippen LogP contribution is 2.27. The van der Waals surface area contributed by atoms with Gasteiger partial charge in [0, 0.05) is 49.7 Å². The Labute approximate surface area is 149 Å². The average Bonchev–Trinajstić information content (AvgIpc) is 3.31. The lowest BCUT2D eigenvalue weighted by atomic mass is 10.2. The quantitative estimate of drug-likeness (QED) is 0.905. The highest BCUT2D eigenvalue weighted by atomic mass is 16.1. The SMILES string of the molecule is O=C(CCN1CCc2ccccc21)Nc1ccc(N2CCCC2)cc1. The molecule has 25 heavy (non-hydrogen) atoms. The van der Waals surface area contributed by atoms with Gasteiger partial charge >= 0.3 is 0 Å². The topological polar surface area (TPSA) is 35.6 Å². The van der Waals surface area contributed by atoms with E-state index in [2.05, 4.69) is 51.5 Å². The predicted molar refractivity (Wildman–Crippen MR) is 103 cm³/mol. The second kappa shape index (κ2) is 7.18. The Morgan fingerprint density at radius 1 is 0.960 bits per heavy atom. The molecule has 2 heterocycles. The third kappa shape index (κ3) is 3.63. The van der Waals surface area contributed by atoms with Crippen LogP contribution in [0, 0.1) is 0 Å². The number of benzene rings is 2. The number of nitrogens with zero attached hydrogens (tertiary/aromatic N) is 2. The van der Waals surface area contributed by atoms with Crippen molar-refractivity contribution < 1.29 is 4.79 Å². The van der Waals surface area contributed by atoms with E-state index in [1.807, 2.05) is 12.1 Å². The molecule has 1 amide bonds. The highest BCUT2D eigenvalue weighted by Gasteiger charge is 2.18. The number of fused-ring (bicyclic) bond motifs is 1. The highest BCUT2D eigenvalue weighted by molar-refractivity contribution is 5.91. The Balaban J connectivity index is 1.29. The molecule has 130 valence electrons. The normalized spacial score (nSPS) is 16.2. The summed E-state index contributed by atoms with van der Waals surface area (Å²) in [5.41, 5.74) is 4.81. The Hall–Kier alpha value is -2.49. The number of carbonyl (C=O) groups excluding carboxylic acids is 1. The molecule has 2 aromatic carbocycles. The van der Waals surface area contributed by atoms with Gasteiger partial charge in [0.15, 0.2) is 0 Å². The molecule has 0 aromatic heterocycles. The van der Waals surface area contributed by atoms with E-state index >= 15 is 0 Å². The molecule has 0 unspecified atom stereocenters. The third-order valence-electron chi connectivity index (χ3n) is 5.21. The van der Waals surface area contributed by atoms with E-state index in [-0.39, 0.29) is 5.91 Å². The summed E-state index contributed by atoms with van der Waals surface area (Å²) < 4.78 is 0. The maximum atomic E-state index is 12.3. The lowest BCUT2D eigenvalue weighted by Gasteiger charge is -2.19. The van der Waals surface area contributed by atoms with Crippen molar-refractivity contribution in [2.45, 2.75) is 25.7 Å². The van der Waals surface area contributed by atoms with Crippen molar-refractivity contribution in [1.82, 2.24) is 0 Å². The Morgan fingerprint density at radius 2 is 1.72 bits per heavy atom. The van der Waals surface area contributed by atoms with Crippen molar-refractivity contribution in [3.05, 3.63) is 54.1 Å². The summed E-state index contributed by atoms with van der Waals surface area (Å²) in [5.74, 6) is 0.0818. The fourth-order valence-electron chi connectivity index (χ4n) is 3.83. The molecule has 1 N–H and O–H groups in total. The van der Waals surface area contributed by atoms with Crippen molar-refractivity contribution in [3.8, 4) is 0 Å². The molecule has 2 aromatic rings. The van der Waals surface area contributed by atoms with Crippen LogP contribution < -0.4 is 15.1 Å². The van der Waals surface area contributed by atoms with Crippen LogP contribution in [-0.4, -0.2) is 32.1 Å². The van der Waals surface area contributed by atoms with Crippen LogP contribution in [0.25, 0.3) is 0 Å². The molecule has 0 aliphatic carbocycles. The van der Waals surface area contributed by atoms with Gasteiger partial charge in [0.2, 0.25) is 5.91 Å². The molecule has 0 radical (unpaired) electrons. The summed E-state index contributed by atoms with van der Waals surface area (Å²) >= 11 is 0. The summed E-state index contributed by atoms with van der Waals surface area (Å²) in [6.45, 7) is 4.07. The van der Waals surface area contributed by atoms with Crippen LogP contribution in [0.1, 0.15) is 24.8 Å². The monoisotopic (exact) mass is 335 g/mol. The molecule has 2 aliphatic heterocycles. The molecule has 0 bridgehead atoms. The summed E-state index contributed by atoms with van der Waals surface area (Å²) in [4.78, 5) is 17.0. The van der Waals surface area contributed by atoms with Gasteiger partial charge in [0.1, 0.15) is 0 Å². The summed E-state index contributed by atoms with van der Waals surface area (Å²) in [5, 5.41) is 3.02.